The van der Waals surface area contributed by atoms with Gasteiger partial charge in [-0.15, -0.1) is 0 Å². The zero-order valence-corrected chi connectivity index (χ0v) is 20.1. The fourth-order valence-electron chi connectivity index (χ4n) is 3.63. The first-order valence-corrected chi connectivity index (χ1v) is 11.5. The van der Waals surface area contributed by atoms with Gasteiger partial charge in [0.15, 0.2) is 6.10 Å². The van der Waals surface area contributed by atoms with Gasteiger partial charge in [0.05, 0.1) is 30.3 Å². The number of methoxy groups -OCH3 is 1. The van der Waals surface area contributed by atoms with Gasteiger partial charge in [0.1, 0.15) is 11.4 Å². The van der Waals surface area contributed by atoms with Gasteiger partial charge in [-0.3, -0.25) is 14.4 Å². The van der Waals surface area contributed by atoms with Crippen molar-refractivity contribution < 1.29 is 19.1 Å². The molecule has 1 atom stereocenters. The van der Waals surface area contributed by atoms with Crippen LogP contribution >= 0.6 is 0 Å². The van der Waals surface area contributed by atoms with Gasteiger partial charge < -0.3 is 19.4 Å². The summed E-state index contributed by atoms with van der Waals surface area (Å²) < 4.78 is 12.3. The quantitative estimate of drug-likeness (QED) is 0.454. The van der Waals surface area contributed by atoms with Crippen LogP contribution in [0.3, 0.4) is 0 Å². The van der Waals surface area contributed by atoms with Gasteiger partial charge in [-0.2, -0.15) is 0 Å². The number of fused-ring (bicyclic) bond motifs is 1. The second kappa shape index (κ2) is 11.4. The minimum atomic E-state index is -1.01. The van der Waals surface area contributed by atoms with Crippen LogP contribution in [0.15, 0.2) is 47.3 Å². The molecule has 1 heterocycles. The van der Waals surface area contributed by atoms with E-state index in [1.165, 1.54) is 14.0 Å². The molecule has 2 aromatic carbocycles. The van der Waals surface area contributed by atoms with Crippen LogP contribution in [0.4, 0.5) is 5.69 Å². The Morgan fingerprint density at radius 2 is 1.94 bits per heavy atom. The molecule has 0 aliphatic carbocycles. The van der Waals surface area contributed by atoms with Crippen molar-refractivity contribution in [2.24, 2.45) is 0 Å². The summed E-state index contributed by atoms with van der Waals surface area (Å²) in [5, 5.41) is 2.73. The smallest absolute Gasteiger partial charge is 0.306 e. The number of nitrogens with zero attached hydrogens (tertiary/aromatic N) is 2. The van der Waals surface area contributed by atoms with Crippen LogP contribution in [0.25, 0.3) is 11.0 Å². The minimum absolute atomic E-state index is 0.0558. The number of anilines is 1. The zero-order chi connectivity index (χ0) is 24.7. The largest absolute Gasteiger partial charge is 0.495 e. The first kappa shape index (κ1) is 25.0. The van der Waals surface area contributed by atoms with Crippen LogP contribution in [0.5, 0.6) is 5.75 Å². The number of amides is 1. The van der Waals surface area contributed by atoms with Crippen LogP contribution in [0.2, 0.25) is 0 Å². The molecule has 180 valence electrons. The summed E-state index contributed by atoms with van der Waals surface area (Å²) in [6.07, 6.45) is 0.893. The molecule has 0 spiro atoms. The summed E-state index contributed by atoms with van der Waals surface area (Å²) in [7, 11) is 1.51. The fourth-order valence-corrected chi connectivity index (χ4v) is 3.63. The van der Waals surface area contributed by atoms with E-state index in [2.05, 4.69) is 17.2 Å². The third-order valence-corrected chi connectivity index (χ3v) is 5.51. The number of ether oxygens (including phenoxy) is 2. The van der Waals surface area contributed by atoms with Gasteiger partial charge in [0.25, 0.3) is 11.5 Å². The summed E-state index contributed by atoms with van der Waals surface area (Å²) in [4.78, 5) is 42.4. The van der Waals surface area contributed by atoms with Gasteiger partial charge >= 0.3 is 5.97 Å². The number of para-hydroxylation sites is 2. The monoisotopic (exact) mass is 465 g/mol. The van der Waals surface area contributed by atoms with Crippen molar-refractivity contribution in [2.45, 2.75) is 59.1 Å². The number of rotatable bonds is 10. The Labute approximate surface area is 198 Å². The molecule has 1 unspecified atom stereocenters. The molecule has 0 saturated heterocycles. The first-order valence-electron chi connectivity index (χ1n) is 11.5. The lowest BCUT2D eigenvalue weighted by molar-refractivity contribution is -0.153. The number of carbonyl (C=O) groups excluding carboxylic acids is 2. The predicted molar refractivity (Wildman–Crippen MR) is 131 cm³/mol. The lowest BCUT2D eigenvalue weighted by Crippen LogP contribution is -2.31. The number of benzene rings is 2. The maximum Gasteiger partial charge on any atom is 0.306 e. The Bertz CT molecular complexity index is 1230. The normalized spacial score (nSPS) is 11.8. The molecule has 3 rings (SSSR count). The molecule has 34 heavy (non-hydrogen) atoms. The Morgan fingerprint density at radius 3 is 2.68 bits per heavy atom. The summed E-state index contributed by atoms with van der Waals surface area (Å²) in [6, 6.07) is 12.9. The second-order valence-corrected chi connectivity index (χ2v) is 8.18. The lowest BCUT2D eigenvalue weighted by Gasteiger charge is -2.16. The van der Waals surface area contributed by atoms with E-state index < -0.39 is 18.0 Å². The van der Waals surface area contributed by atoms with Crippen molar-refractivity contribution in [1.82, 2.24) is 9.55 Å². The molecule has 1 amide bonds. The van der Waals surface area contributed by atoms with Gasteiger partial charge in [-0.25, -0.2) is 4.98 Å². The van der Waals surface area contributed by atoms with Crippen LogP contribution in [-0.2, 0) is 27.3 Å². The third kappa shape index (κ3) is 6.01. The number of carbonyl (C=O) groups is 2. The van der Waals surface area contributed by atoms with Crippen molar-refractivity contribution in [3.8, 4) is 5.75 Å². The third-order valence-electron chi connectivity index (χ3n) is 5.51. The van der Waals surface area contributed by atoms with E-state index in [0.29, 0.717) is 29.2 Å². The molecular weight excluding hydrogens is 434 g/mol. The van der Waals surface area contributed by atoms with Crippen molar-refractivity contribution in [2.75, 3.05) is 12.4 Å². The minimum Gasteiger partial charge on any atom is -0.495 e. The van der Waals surface area contributed by atoms with E-state index in [4.69, 9.17) is 9.47 Å². The average Bonchev–Trinajstić information content (AvgIpc) is 2.82. The van der Waals surface area contributed by atoms with E-state index in [1.54, 1.807) is 16.7 Å². The van der Waals surface area contributed by atoms with Crippen molar-refractivity contribution in [1.29, 1.82) is 0 Å². The van der Waals surface area contributed by atoms with Gasteiger partial charge in [0.2, 0.25) is 0 Å². The SMILES string of the molecule is CCCCn1c(=O)c(CCC(=O)OC(C)C(=O)Nc2cc(C)ccc2OC)nc2ccccc21. The highest BCUT2D eigenvalue weighted by Crippen LogP contribution is 2.25. The Morgan fingerprint density at radius 1 is 1.18 bits per heavy atom. The van der Waals surface area contributed by atoms with Crippen molar-refractivity contribution >= 4 is 28.6 Å². The topological polar surface area (TPSA) is 99.5 Å². The highest BCUT2D eigenvalue weighted by Gasteiger charge is 2.20. The van der Waals surface area contributed by atoms with Crippen molar-refractivity contribution in [3.05, 3.63) is 64.1 Å². The molecule has 1 N–H and O–H groups in total. The van der Waals surface area contributed by atoms with E-state index in [-0.39, 0.29) is 18.4 Å². The maximum absolute atomic E-state index is 13.0. The average molecular weight is 466 g/mol. The van der Waals surface area contributed by atoms with Crippen molar-refractivity contribution in [3.63, 3.8) is 0 Å². The molecular formula is C26H31N3O5. The molecule has 1 aromatic heterocycles. The van der Waals surface area contributed by atoms with Crippen LogP contribution in [-0.4, -0.2) is 34.6 Å². The number of hydrogen-bond acceptors (Lipinski definition) is 6. The number of unbranched alkanes of at least 4 members (excludes halogenated alkanes) is 1. The Balaban J connectivity index is 1.65. The molecule has 0 saturated carbocycles. The number of nitrogens with one attached hydrogen (secondary N) is 1. The number of aryl methyl sites for hydroxylation is 3. The van der Waals surface area contributed by atoms with Gasteiger partial charge in [-0.05, 0) is 50.1 Å². The highest BCUT2D eigenvalue weighted by molar-refractivity contribution is 5.96. The molecule has 0 aliphatic heterocycles. The number of esters is 1. The summed E-state index contributed by atoms with van der Waals surface area (Å²) in [6.45, 7) is 6.06. The number of aromatic nitrogens is 2. The number of hydrogen-bond donors (Lipinski definition) is 1. The second-order valence-electron chi connectivity index (χ2n) is 8.18. The van der Waals surface area contributed by atoms with Crippen LogP contribution in [0.1, 0.15) is 44.4 Å². The van der Waals surface area contributed by atoms with Crippen LogP contribution < -0.4 is 15.6 Å². The van der Waals surface area contributed by atoms with Crippen LogP contribution in [0, 0.1) is 6.92 Å². The molecule has 3 aromatic rings. The van der Waals surface area contributed by atoms with Gasteiger partial charge in [0, 0.05) is 13.0 Å². The predicted octanol–water partition coefficient (Wildman–Crippen LogP) is 4.02. The molecule has 8 heteroatoms. The maximum atomic E-state index is 13.0. The standard InChI is InChI=1S/C26H31N3O5/c1-5-6-15-29-22-10-8-7-9-19(22)27-20(26(29)32)12-14-24(30)34-18(3)25(31)28-21-16-17(2)11-13-23(21)33-4/h7-11,13,16,18H,5-6,12,14-15H2,1-4H3,(H,28,31). The molecule has 8 nitrogen and oxygen atoms in total. The summed E-state index contributed by atoms with van der Waals surface area (Å²) in [5.41, 5.74) is 3.06. The summed E-state index contributed by atoms with van der Waals surface area (Å²) >= 11 is 0. The van der Waals surface area contributed by atoms with E-state index in [0.717, 1.165) is 23.9 Å². The lowest BCUT2D eigenvalue weighted by atomic mass is 10.2. The fraction of sp³-hybridized carbons (Fsp3) is 0.385. The Hall–Kier alpha value is -3.68. The molecule has 0 radical (unpaired) electrons. The Kier molecular flexibility index (Phi) is 8.40. The molecule has 0 bridgehead atoms. The van der Waals surface area contributed by atoms with Gasteiger partial charge in [-0.1, -0.05) is 31.5 Å². The molecule has 0 aliphatic rings. The van der Waals surface area contributed by atoms with E-state index in [9.17, 15) is 14.4 Å². The van der Waals surface area contributed by atoms with E-state index >= 15 is 0 Å². The first-order chi connectivity index (χ1) is 16.3. The zero-order valence-electron chi connectivity index (χ0n) is 20.1. The highest BCUT2D eigenvalue weighted by atomic mass is 16.5. The van der Waals surface area contributed by atoms with E-state index in [1.807, 2.05) is 37.3 Å². The summed E-state index contributed by atoms with van der Waals surface area (Å²) in [5.74, 6) is -0.532. The molecule has 0 fully saturated rings.